The first-order chi connectivity index (χ1) is 5.46. The monoisotopic (exact) mass is 177 g/mol. The summed E-state index contributed by atoms with van der Waals surface area (Å²) < 4.78 is 25.9. The Morgan fingerprint density at radius 1 is 1.50 bits per heavy atom. The third kappa shape index (κ3) is 1.94. The number of halogens is 2. The first-order valence-electron chi connectivity index (χ1n) is 4.60. The van der Waals surface area contributed by atoms with Crippen LogP contribution >= 0.6 is 0 Å². The summed E-state index contributed by atoms with van der Waals surface area (Å²) >= 11 is 0. The molecule has 1 aliphatic rings. The lowest BCUT2D eigenvalue weighted by atomic mass is 10.1. The van der Waals surface area contributed by atoms with Crippen LogP contribution in [0.15, 0.2) is 0 Å². The first kappa shape index (κ1) is 9.90. The molecule has 0 saturated carbocycles. The summed E-state index contributed by atoms with van der Waals surface area (Å²) in [5.74, 6) is -2.45. The fourth-order valence-corrected chi connectivity index (χ4v) is 1.91. The summed E-state index contributed by atoms with van der Waals surface area (Å²) in [6.07, 6.45) is 0.870. The Balaban J connectivity index is 2.63. The quantitative estimate of drug-likeness (QED) is 0.626. The van der Waals surface area contributed by atoms with E-state index in [0.29, 0.717) is 0 Å². The Kier molecular flexibility index (Phi) is 2.71. The Labute approximate surface area is 72.7 Å². The van der Waals surface area contributed by atoms with Crippen molar-refractivity contribution in [3.8, 4) is 0 Å². The van der Waals surface area contributed by atoms with Crippen LogP contribution < -0.4 is 0 Å². The fourth-order valence-electron chi connectivity index (χ4n) is 1.91. The maximum atomic E-state index is 13.0. The molecule has 1 rings (SSSR count). The van der Waals surface area contributed by atoms with E-state index in [-0.39, 0.29) is 25.0 Å². The molecular formula is C9H17F2N. The number of rotatable bonds is 2. The van der Waals surface area contributed by atoms with E-state index >= 15 is 0 Å². The molecule has 12 heavy (non-hydrogen) atoms. The molecule has 1 unspecified atom stereocenters. The van der Waals surface area contributed by atoms with Gasteiger partial charge in [0.05, 0.1) is 6.54 Å². The van der Waals surface area contributed by atoms with Crippen LogP contribution in [0.25, 0.3) is 0 Å². The average Bonchev–Trinajstić information content (AvgIpc) is 2.25. The lowest BCUT2D eigenvalue weighted by molar-refractivity contribution is 0.00918. The summed E-state index contributed by atoms with van der Waals surface area (Å²) in [7, 11) is 0. The molecule has 0 aromatic carbocycles. The molecule has 0 bridgehead atoms. The summed E-state index contributed by atoms with van der Waals surface area (Å²) in [5, 5.41) is 0. The number of hydrogen-bond acceptors (Lipinski definition) is 1. The highest BCUT2D eigenvalue weighted by molar-refractivity contribution is 4.90. The van der Waals surface area contributed by atoms with E-state index in [9.17, 15) is 8.78 Å². The summed E-state index contributed by atoms with van der Waals surface area (Å²) in [4.78, 5) is 1.90. The Bertz CT molecular complexity index is 157. The van der Waals surface area contributed by atoms with Crippen LogP contribution in [0.5, 0.6) is 0 Å². The molecule has 0 N–H and O–H groups in total. The fraction of sp³-hybridized carbons (Fsp3) is 1.00. The van der Waals surface area contributed by atoms with Gasteiger partial charge in [0.25, 0.3) is 5.92 Å². The minimum absolute atomic E-state index is 0.0433. The molecule has 1 fully saturated rings. The summed E-state index contributed by atoms with van der Waals surface area (Å²) in [6.45, 7) is 5.87. The third-order valence-corrected chi connectivity index (χ3v) is 2.55. The van der Waals surface area contributed by atoms with E-state index in [4.69, 9.17) is 0 Å². The van der Waals surface area contributed by atoms with Gasteiger partial charge in [-0.25, -0.2) is 8.78 Å². The summed E-state index contributed by atoms with van der Waals surface area (Å²) in [6, 6.07) is 0.323. The van der Waals surface area contributed by atoms with Crippen molar-refractivity contribution in [2.45, 2.75) is 51.6 Å². The van der Waals surface area contributed by atoms with E-state index in [1.807, 2.05) is 25.7 Å². The van der Waals surface area contributed by atoms with Crippen molar-refractivity contribution in [1.82, 2.24) is 4.90 Å². The molecule has 1 heterocycles. The predicted molar refractivity (Wildman–Crippen MR) is 45.5 cm³/mol. The van der Waals surface area contributed by atoms with Gasteiger partial charge >= 0.3 is 0 Å². The molecule has 0 aromatic heterocycles. The predicted octanol–water partition coefficient (Wildman–Crippen LogP) is 2.51. The molecular weight excluding hydrogens is 160 g/mol. The van der Waals surface area contributed by atoms with Gasteiger partial charge in [-0.2, -0.15) is 0 Å². The van der Waals surface area contributed by atoms with Crippen molar-refractivity contribution in [3.05, 3.63) is 0 Å². The maximum Gasteiger partial charge on any atom is 0.262 e. The highest BCUT2D eigenvalue weighted by Crippen LogP contribution is 2.34. The van der Waals surface area contributed by atoms with Crippen LogP contribution in [0.1, 0.15) is 33.6 Å². The Morgan fingerprint density at radius 3 is 2.42 bits per heavy atom. The highest BCUT2D eigenvalue weighted by Gasteiger charge is 2.44. The van der Waals surface area contributed by atoms with Crippen LogP contribution in [0.4, 0.5) is 8.78 Å². The number of likely N-dealkylation sites (tertiary alicyclic amines) is 1. The van der Waals surface area contributed by atoms with Crippen LogP contribution in [0, 0.1) is 0 Å². The molecule has 0 aliphatic carbocycles. The zero-order valence-electron chi connectivity index (χ0n) is 7.98. The zero-order valence-corrected chi connectivity index (χ0v) is 7.98. The number of hydrogen-bond donors (Lipinski definition) is 0. The van der Waals surface area contributed by atoms with Crippen LogP contribution in [-0.4, -0.2) is 29.5 Å². The van der Waals surface area contributed by atoms with Crippen molar-refractivity contribution >= 4 is 0 Å². The van der Waals surface area contributed by atoms with Crippen molar-refractivity contribution in [2.75, 3.05) is 6.54 Å². The minimum Gasteiger partial charge on any atom is -0.292 e. The Morgan fingerprint density at radius 2 is 2.08 bits per heavy atom. The summed E-state index contributed by atoms with van der Waals surface area (Å²) in [5.41, 5.74) is 0. The second-order valence-electron chi connectivity index (χ2n) is 3.89. The maximum absolute atomic E-state index is 13.0. The molecule has 0 spiro atoms. The highest BCUT2D eigenvalue weighted by atomic mass is 19.3. The molecule has 3 heteroatoms. The molecule has 1 nitrogen and oxygen atoms in total. The lowest BCUT2D eigenvalue weighted by Crippen LogP contribution is -2.36. The van der Waals surface area contributed by atoms with E-state index in [1.165, 1.54) is 0 Å². The minimum atomic E-state index is -2.45. The van der Waals surface area contributed by atoms with E-state index in [1.54, 1.807) is 0 Å². The second-order valence-corrected chi connectivity index (χ2v) is 3.89. The van der Waals surface area contributed by atoms with Gasteiger partial charge in [-0.15, -0.1) is 0 Å². The molecule has 72 valence electrons. The SMILES string of the molecule is CCC1CC(F)(F)CN1C(C)C. The van der Waals surface area contributed by atoms with Crippen molar-refractivity contribution in [1.29, 1.82) is 0 Å². The molecule has 0 aromatic rings. The standard InChI is InChI=1S/C9H17F2N/c1-4-8-5-9(10,11)6-12(8)7(2)3/h7-8H,4-6H2,1-3H3. The van der Waals surface area contributed by atoms with Gasteiger partial charge in [-0.05, 0) is 20.3 Å². The van der Waals surface area contributed by atoms with Crippen LogP contribution in [0.3, 0.4) is 0 Å². The number of nitrogens with zero attached hydrogens (tertiary/aromatic N) is 1. The van der Waals surface area contributed by atoms with Crippen LogP contribution in [-0.2, 0) is 0 Å². The third-order valence-electron chi connectivity index (χ3n) is 2.55. The average molecular weight is 177 g/mol. The van der Waals surface area contributed by atoms with Gasteiger partial charge in [0.15, 0.2) is 0 Å². The van der Waals surface area contributed by atoms with Crippen LogP contribution in [0.2, 0.25) is 0 Å². The van der Waals surface area contributed by atoms with Gasteiger partial charge < -0.3 is 0 Å². The van der Waals surface area contributed by atoms with E-state index in [2.05, 4.69) is 0 Å². The van der Waals surface area contributed by atoms with Crippen molar-refractivity contribution in [2.24, 2.45) is 0 Å². The van der Waals surface area contributed by atoms with Gasteiger partial charge in [0, 0.05) is 18.5 Å². The van der Waals surface area contributed by atoms with Gasteiger partial charge in [-0.1, -0.05) is 6.92 Å². The largest absolute Gasteiger partial charge is 0.292 e. The first-order valence-corrected chi connectivity index (χ1v) is 4.60. The molecule has 1 saturated heterocycles. The second kappa shape index (κ2) is 3.29. The normalized spacial score (nSPS) is 30.0. The lowest BCUT2D eigenvalue weighted by Gasteiger charge is -2.26. The molecule has 1 aliphatic heterocycles. The zero-order chi connectivity index (χ0) is 9.35. The number of alkyl halides is 2. The topological polar surface area (TPSA) is 3.24 Å². The molecule has 0 radical (unpaired) electrons. The Hall–Kier alpha value is -0.180. The molecule has 0 amide bonds. The van der Waals surface area contributed by atoms with E-state index in [0.717, 1.165) is 6.42 Å². The van der Waals surface area contributed by atoms with Crippen molar-refractivity contribution < 1.29 is 8.78 Å². The smallest absolute Gasteiger partial charge is 0.262 e. The van der Waals surface area contributed by atoms with Gasteiger partial charge in [0.2, 0.25) is 0 Å². The van der Waals surface area contributed by atoms with Gasteiger partial charge in [-0.3, -0.25) is 4.90 Å². The van der Waals surface area contributed by atoms with E-state index < -0.39 is 5.92 Å². The molecule has 1 atom stereocenters. The van der Waals surface area contributed by atoms with Gasteiger partial charge in [0.1, 0.15) is 0 Å². The van der Waals surface area contributed by atoms with Crippen molar-refractivity contribution in [3.63, 3.8) is 0 Å².